The van der Waals surface area contributed by atoms with E-state index in [-0.39, 0.29) is 12.5 Å². The number of amides is 1. The van der Waals surface area contributed by atoms with Gasteiger partial charge in [0.15, 0.2) is 0 Å². The molecule has 0 radical (unpaired) electrons. The molecule has 2 rings (SSSR count). The number of hydrogen-bond donors (Lipinski definition) is 2. The molecule has 1 aromatic carbocycles. The van der Waals surface area contributed by atoms with Crippen LogP contribution in [0.25, 0.3) is 0 Å². The Labute approximate surface area is 115 Å². The summed E-state index contributed by atoms with van der Waals surface area (Å²) in [6.45, 7) is 0.251. The van der Waals surface area contributed by atoms with Crippen molar-refractivity contribution in [1.82, 2.24) is 5.32 Å². The van der Waals surface area contributed by atoms with E-state index in [4.69, 9.17) is 5.11 Å². The highest BCUT2D eigenvalue weighted by atomic mass is 32.1. The third-order valence-corrected chi connectivity index (χ3v) is 3.23. The highest BCUT2D eigenvalue weighted by Crippen LogP contribution is 2.09. The van der Waals surface area contributed by atoms with E-state index >= 15 is 0 Å². The zero-order chi connectivity index (χ0) is 13.5. The molecule has 0 bridgehead atoms. The van der Waals surface area contributed by atoms with Crippen LogP contribution in [0.5, 0.6) is 0 Å². The first-order chi connectivity index (χ1) is 9.31. The molecule has 3 nitrogen and oxygen atoms in total. The van der Waals surface area contributed by atoms with E-state index in [0.29, 0.717) is 12.1 Å². The maximum absolute atomic E-state index is 11.8. The Morgan fingerprint density at radius 1 is 1.32 bits per heavy atom. The highest BCUT2D eigenvalue weighted by molar-refractivity contribution is 7.08. The van der Waals surface area contributed by atoms with Crippen LogP contribution in [-0.2, 0) is 6.54 Å². The van der Waals surface area contributed by atoms with Gasteiger partial charge in [0.2, 0.25) is 0 Å². The van der Waals surface area contributed by atoms with Gasteiger partial charge in [-0.2, -0.15) is 11.3 Å². The molecule has 0 fully saturated rings. The molecule has 0 aliphatic rings. The molecule has 0 saturated carbocycles. The summed E-state index contributed by atoms with van der Waals surface area (Å²) in [4.78, 5) is 11.8. The van der Waals surface area contributed by atoms with E-state index in [2.05, 4.69) is 17.2 Å². The summed E-state index contributed by atoms with van der Waals surface area (Å²) in [5.74, 6) is 5.40. The molecule has 1 aromatic heterocycles. The molecule has 19 heavy (non-hydrogen) atoms. The standard InChI is InChI=1S/C15H13NO2S/c17-8-3-6-12-4-1-2-5-13(12)10-16-15(18)14-7-9-19-11-14/h1-2,4-5,7,9,11,17H,8,10H2,(H,16,18). The van der Waals surface area contributed by atoms with Gasteiger partial charge in [0, 0.05) is 23.1 Å². The van der Waals surface area contributed by atoms with Gasteiger partial charge in [-0.05, 0) is 23.1 Å². The number of carbonyl (C=O) groups excluding carboxylic acids is 1. The fraction of sp³-hybridized carbons (Fsp3) is 0.133. The summed E-state index contributed by atoms with van der Waals surface area (Å²) < 4.78 is 0. The maximum Gasteiger partial charge on any atom is 0.252 e. The molecule has 0 unspecified atom stereocenters. The summed E-state index contributed by atoms with van der Waals surface area (Å²) in [5, 5.41) is 15.3. The number of aliphatic hydroxyl groups excluding tert-OH is 1. The van der Waals surface area contributed by atoms with E-state index in [0.717, 1.165) is 11.1 Å². The number of nitrogens with one attached hydrogen (secondary N) is 1. The summed E-state index contributed by atoms with van der Waals surface area (Å²) >= 11 is 1.49. The van der Waals surface area contributed by atoms with Crippen LogP contribution in [0.15, 0.2) is 41.1 Å². The van der Waals surface area contributed by atoms with E-state index in [1.807, 2.05) is 35.0 Å². The van der Waals surface area contributed by atoms with Gasteiger partial charge in [-0.3, -0.25) is 4.79 Å². The fourth-order valence-corrected chi connectivity index (χ4v) is 2.24. The zero-order valence-corrected chi connectivity index (χ0v) is 11.0. The Hall–Kier alpha value is -2.09. The van der Waals surface area contributed by atoms with Gasteiger partial charge in [-0.15, -0.1) is 0 Å². The molecular weight excluding hydrogens is 258 g/mol. The van der Waals surface area contributed by atoms with Gasteiger partial charge in [-0.25, -0.2) is 0 Å². The molecule has 0 saturated heterocycles. The van der Waals surface area contributed by atoms with Gasteiger partial charge in [-0.1, -0.05) is 30.0 Å². The molecule has 0 aliphatic carbocycles. The zero-order valence-electron chi connectivity index (χ0n) is 10.2. The molecule has 2 N–H and O–H groups in total. The lowest BCUT2D eigenvalue weighted by Gasteiger charge is -2.06. The predicted octanol–water partition coefficient (Wildman–Crippen LogP) is 2.02. The molecule has 0 aliphatic heterocycles. The number of carbonyl (C=O) groups is 1. The van der Waals surface area contributed by atoms with Gasteiger partial charge in [0.25, 0.3) is 5.91 Å². The van der Waals surface area contributed by atoms with Crippen LogP contribution in [0.2, 0.25) is 0 Å². The predicted molar refractivity (Wildman–Crippen MR) is 75.9 cm³/mol. The average Bonchev–Trinajstić information content (AvgIpc) is 2.97. The van der Waals surface area contributed by atoms with Crippen molar-refractivity contribution < 1.29 is 9.90 Å². The van der Waals surface area contributed by atoms with Crippen molar-refractivity contribution in [2.75, 3.05) is 6.61 Å². The molecule has 4 heteroatoms. The second-order valence-electron chi connectivity index (χ2n) is 3.81. The number of hydrogen-bond acceptors (Lipinski definition) is 3. The highest BCUT2D eigenvalue weighted by Gasteiger charge is 2.06. The van der Waals surface area contributed by atoms with Crippen molar-refractivity contribution in [2.24, 2.45) is 0 Å². The Morgan fingerprint density at radius 2 is 2.16 bits per heavy atom. The smallest absolute Gasteiger partial charge is 0.252 e. The largest absolute Gasteiger partial charge is 0.384 e. The van der Waals surface area contributed by atoms with Gasteiger partial charge >= 0.3 is 0 Å². The molecule has 0 atom stereocenters. The van der Waals surface area contributed by atoms with Crippen molar-refractivity contribution in [3.63, 3.8) is 0 Å². The Morgan fingerprint density at radius 3 is 2.89 bits per heavy atom. The summed E-state index contributed by atoms with van der Waals surface area (Å²) in [6.07, 6.45) is 0. The van der Waals surface area contributed by atoms with E-state index in [1.54, 1.807) is 6.07 Å². The van der Waals surface area contributed by atoms with Crippen molar-refractivity contribution in [3.05, 3.63) is 57.8 Å². The fourth-order valence-electron chi connectivity index (χ4n) is 1.60. The third kappa shape index (κ3) is 3.68. The van der Waals surface area contributed by atoms with E-state index < -0.39 is 0 Å². The molecular formula is C15H13NO2S. The molecule has 96 valence electrons. The second-order valence-corrected chi connectivity index (χ2v) is 4.59. The van der Waals surface area contributed by atoms with Crippen LogP contribution in [0.4, 0.5) is 0 Å². The SMILES string of the molecule is O=C(NCc1ccccc1C#CCO)c1ccsc1. The molecule has 1 heterocycles. The van der Waals surface area contributed by atoms with Gasteiger partial charge < -0.3 is 10.4 Å². The number of aliphatic hydroxyl groups is 1. The van der Waals surface area contributed by atoms with E-state index in [9.17, 15) is 4.79 Å². The minimum Gasteiger partial charge on any atom is -0.384 e. The first-order valence-corrected chi connectivity index (χ1v) is 6.73. The quantitative estimate of drug-likeness (QED) is 0.839. The Bertz CT molecular complexity index is 609. The monoisotopic (exact) mass is 271 g/mol. The number of rotatable bonds is 3. The minimum atomic E-state index is -0.171. The van der Waals surface area contributed by atoms with Crippen LogP contribution < -0.4 is 5.32 Å². The Kier molecular flexibility index (Phi) is 4.73. The van der Waals surface area contributed by atoms with Crippen LogP contribution >= 0.6 is 11.3 Å². The minimum absolute atomic E-state index is 0.0915. The lowest BCUT2D eigenvalue weighted by molar-refractivity contribution is 0.0951. The maximum atomic E-state index is 11.8. The van der Waals surface area contributed by atoms with Crippen molar-refractivity contribution in [1.29, 1.82) is 0 Å². The summed E-state index contributed by atoms with van der Waals surface area (Å²) in [6, 6.07) is 9.35. The average molecular weight is 271 g/mol. The van der Waals surface area contributed by atoms with Crippen LogP contribution in [0.1, 0.15) is 21.5 Å². The van der Waals surface area contributed by atoms with Crippen molar-refractivity contribution >= 4 is 17.2 Å². The van der Waals surface area contributed by atoms with E-state index in [1.165, 1.54) is 11.3 Å². The third-order valence-electron chi connectivity index (χ3n) is 2.54. The Balaban J connectivity index is 2.05. The first-order valence-electron chi connectivity index (χ1n) is 5.79. The van der Waals surface area contributed by atoms with Gasteiger partial charge in [0.05, 0.1) is 0 Å². The summed E-state index contributed by atoms with van der Waals surface area (Å²) in [5.41, 5.74) is 2.43. The van der Waals surface area contributed by atoms with Crippen LogP contribution in [0, 0.1) is 11.8 Å². The number of thiophene rings is 1. The lowest BCUT2D eigenvalue weighted by Crippen LogP contribution is -2.22. The number of benzene rings is 1. The lowest BCUT2D eigenvalue weighted by atomic mass is 10.1. The first kappa shape index (κ1) is 13.3. The molecule has 1 amide bonds. The summed E-state index contributed by atoms with van der Waals surface area (Å²) in [7, 11) is 0. The molecule has 0 spiro atoms. The second kappa shape index (κ2) is 6.74. The van der Waals surface area contributed by atoms with Crippen molar-refractivity contribution in [3.8, 4) is 11.8 Å². The van der Waals surface area contributed by atoms with Crippen LogP contribution in [-0.4, -0.2) is 17.6 Å². The van der Waals surface area contributed by atoms with Gasteiger partial charge in [0.1, 0.15) is 6.61 Å². The molecule has 2 aromatic rings. The topological polar surface area (TPSA) is 49.3 Å². The van der Waals surface area contributed by atoms with Crippen molar-refractivity contribution in [2.45, 2.75) is 6.54 Å². The normalized spacial score (nSPS) is 9.53. The van der Waals surface area contributed by atoms with Crippen LogP contribution in [0.3, 0.4) is 0 Å².